The Kier molecular flexibility index (Phi) is 3.76. The molecule has 22 heavy (non-hydrogen) atoms. The fraction of sp³-hybridized carbons (Fsp3) is 0. The van der Waals surface area contributed by atoms with Crippen LogP contribution >= 0.6 is 0 Å². The van der Waals surface area contributed by atoms with Crippen LogP contribution in [0.15, 0.2) is 72.8 Å². The zero-order valence-corrected chi connectivity index (χ0v) is 12.0. The third-order valence-electron chi connectivity index (χ3n) is 3.48. The topological polar surface area (TPSA) is 61.8 Å². The lowest BCUT2D eigenvalue weighted by molar-refractivity contribution is 1.47. The van der Waals surface area contributed by atoms with Crippen molar-refractivity contribution in [3.05, 3.63) is 78.4 Å². The Morgan fingerprint density at radius 3 is 2.32 bits per heavy atom. The number of nitrogens with one attached hydrogen (secondary N) is 1. The second-order valence-corrected chi connectivity index (χ2v) is 4.95. The fourth-order valence-corrected chi connectivity index (χ4v) is 2.33. The third-order valence-corrected chi connectivity index (χ3v) is 3.48. The Morgan fingerprint density at radius 2 is 1.55 bits per heavy atom. The van der Waals surface area contributed by atoms with Gasteiger partial charge in [0.15, 0.2) is 0 Å². The van der Waals surface area contributed by atoms with Gasteiger partial charge in [-0.1, -0.05) is 48.5 Å². The molecule has 3 nitrogen and oxygen atoms in total. The number of benzene rings is 3. The molecular formula is C19H15N3. The minimum atomic E-state index is 0.468. The van der Waals surface area contributed by atoms with Crippen LogP contribution in [0.5, 0.6) is 0 Å². The summed E-state index contributed by atoms with van der Waals surface area (Å²) in [6, 6.07) is 25.8. The molecule has 0 aliphatic carbocycles. The third kappa shape index (κ3) is 2.77. The van der Waals surface area contributed by atoms with Crippen LogP contribution in [-0.4, -0.2) is 0 Å². The highest BCUT2D eigenvalue weighted by atomic mass is 14.9. The highest BCUT2D eigenvalue weighted by Gasteiger charge is 2.05. The molecule has 3 N–H and O–H groups in total. The Bertz CT molecular complexity index is 833. The summed E-state index contributed by atoms with van der Waals surface area (Å²) in [6.07, 6.45) is 0. The van der Waals surface area contributed by atoms with Gasteiger partial charge in [0.2, 0.25) is 0 Å². The van der Waals surface area contributed by atoms with Crippen LogP contribution in [-0.2, 0) is 0 Å². The first-order valence-corrected chi connectivity index (χ1v) is 6.99. The number of para-hydroxylation sites is 1. The quantitative estimate of drug-likeness (QED) is 0.694. The maximum atomic E-state index is 9.04. The largest absolute Gasteiger partial charge is 0.396 e. The number of nitrogens with zero attached hydrogens (tertiary/aromatic N) is 1. The molecule has 0 atom stereocenters. The smallest absolute Gasteiger partial charge is 0.101 e. The minimum absolute atomic E-state index is 0.468. The van der Waals surface area contributed by atoms with E-state index in [1.807, 2.05) is 42.5 Å². The molecular weight excluding hydrogens is 270 g/mol. The lowest BCUT2D eigenvalue weighted by atomic mass is 10.1. The Hall–Kier alpha value is -3.25. The summed E-state index contributed by atoms with van der Waals surface area (Å²) in [5, 5.41) is 12.3. The molecule has 3 aromatic rings. The van der Waals surface area contributed by atoms with E-state index >= 15 is 0 Å². The number of nitriles is 1. The van der Waals surface area contributed by atoms with Crippen molar-refractivity contribution >= 4 is 17.1 Å². The van der Waals surface area contributed by atoms with Crippen LogP contribution in [0.25, 0.3) is 11.1 Å². The molecule has 0 aliphatic heterocycles. The van der Waals surface area contributed by atoms with E-state index in [9.17, 15) is 0 Å². The minimum Gasteiger partial charge on any atom is -0.396 e. The van der Waals surface area contributed by atoms with Gasteiger partial charge in [0, 0.05) is 5.69 Å². The highest BCUT2D eigenvalue weighted by Crippen LogP contribution is 2.28. The van der Waals surface area contributed by atoms with Gasteiger partial charge in [0.05, 0.1) is 16.9 Å². The number of hydrogen-bond donors (Lipinski definition) is 2. The summed E-state index contributed by atoms with van der Waals surface area (Å²) in [6.45, 7) is 0. The van der Waals surface area contributed by atoms with E-state index in [0.29, 0.717) is 11.3 Å². The van der Waals surface area contributed by atoms with Gasteiger partial charge in [-0.3, -0.25) is 0 Å². The maximum Gasteiger partial charge on any atom is 0.101 e. The second-order valence-electron chi connectivity index (χ2n) is 4.95. The Morgan fingerprint density at radius 1 is 0.818 bits per heavy atom. The maximum absolute atomic E-state index is 9.04. The molecule has 0 aromatic heterocycles. The lowest BCUT2D eigenvalue weighted by Gasteiger charge is -2.11. The van der Waals surface area contributed by atoms with Crippen LogP contribution in [0, 0.1) is 11.3 Å². The van der Waals surface area contributed by atoms with Crippen LogP contribution in [0.1, 0.15) is 5.56 Å². The van der Waals surface area contributed by atoms with Gasteiger partial charge in [-0.15, -0.1) is 0 Å². The van der Waals surface area contributed by atoms with E-state index < -0.39 is 0 Å². The van der Waals surface area contributed by atoms with Crippen molar-refractivity contribution < 1.29 is 0 Å². The van der Waals surface area contributed by atoms with E-state index in [0.717, 1.165) is 22.5 Å². The molecule has 3 aromatic carbocycles. The summed E-state index contributed by atoms with van der Waals surface area (Å²) >= 11 is 0. The van der Waals surface area contributed by atoms with Crippen molar-refractivity contribution in [1.82, 2.24) is 0 Å². The standard InChI is InChI=1S/C19H15N3/c20-13-16-9-5-11-18(19(16)21)22-17-10-4-8-15(12-17)14-6-2-1-3-7-14/h1-12,22H,21H2. The Labute approximate surface area is 129 Å². The molecule has 0 unspecified atom stereocenters. The second kappa shape index (κ2) is 6.02. The summed E-state index contributed by atoms with van der Waals surface area (Å²) < 4.78 is 0. The Balaban J connectivity index is 1.93. The summed E-state index contributed by atoms with van der Waals surface area (Å²) in [5.41, 5.74) is 10.9. The van der Waals surface area contributed by atoms with Crippen LogP contribution in [0.2, 0.25) is 0 Å². The summed E-state index contributed by atoms with van der Waals surface area (Å²) in [5.74, 6) is 0. The van der Waals surface area contributed by atoms with Gasteiger partial charge < -0.3 is 11.1 Å². The van der Waals surface area contributed by atoms with E-state index in [2.05, 4.69) is 35.7 Å². The average molecular weight is 285 g/mol. The molecule has 3 heteroatoms. The molecule has 0 fully saturated rings. The monoisotopic (exact) mass is 285 g/mol. The average Bonchev–Trinajstić information content (AvgIpc) is 2.58. The van der Waals surface area contributed by atoms with Gasteiger partial charge in [-0.05, 0) is 35.4 Å². The van der Waals surface area contributed by atoms with Gasteiger partial charge >= 0.3 is 0 Å². The van der Waals surface area contributed by atoms with Crippen molar-refractivity contribution in [3.8, 4) is 17.2 Å². The number of nitrogens with two attached hydrogens (primary N) is 1. The molecule has 3 rings (SSSR count). The molecule has 0 heterocycles. The SMILES string of the molecule is N#Cc1cccc(Nc2cccc(-c3ccccc3)c2)c1N. The predicted molar refractivity (Wildman–Crippen MR) is 90.7 cm³/mol. The van der Waals surface area contributed by atoms with Crippen LogP contribution in [0.3, 0.4) is 0 Å². The zero-order valence-electron chi connectivity index (χ0n) is 12.0. The highest BCUT2D eigenvalue weighted by molar-refractivity contribution is 5.79. The van der Waals surface area contributed by atoms with Crippen molar-refractivity contribution in [3.63, 3.8) is 0 Å². The van der Waals surface area contributed by atoms with Crippen LogP contribution in [0.4, 0.5) is 17.1 Å². The summed E-state index contributed by atoms with van der Waals surface area (Å²) in [4.78, 5) is 0. The van der Waals surface area contributed by atoms with Crippen molar-refractivity contribution in [2.45, 2.75) is 0 Å². The fourth-order valence-electron chi connectivity index (χ4n) is 2.33. The first-order chi connectivity index (χ1) is 10.8. The predicted octanol–water partition coefficient (Wildman–Crippen LogP) is 4.55. The van der Waals surface area contributed by atoms with E-state index in [1.165, 1.54) is 0 Å². The van der Waals surface area contributed by atoms with E-state index in [4.69, 9.17) is 11.0 Å². The van der Waals surface area contributed by atoms with Crippen molar-refractivity contribution in [2.24, 2.45) is 0 Å². The molecule has 0 spiro atoms. The molecule has 0 amide bonds. The number of anilines is 3. The lowest BCUT2D eigenvalue weighted by Crippen LogP contribution is -1.98. The number of rotatable bonds is 3. The van der Waals surface area contributed by atoms with Crippen molar-refractivity contribution in [1.29, 1.82) is 5.26 Å². The van der Waals surface area contributed by atoms with Gasteiger partial charge in [0.1, 0.15) is 6.07 Å². The zero-order chi connectivity index (χ0) is 15.4. The van der Waals surface area contributed by atoms with Gasteiger partial charge in [0.25, 0.3) is 0 Å². The van der Waals surface area contributed by atoms with Gasteiger partial charge in [-0.25, -0.2) is 0 Å². The van der Waals surface area contributed by atoms with Crippen molar-refractivity contribution in [2.75, 3.05) is 11.1 Å². The molecule has 106 valence electrons. The molecule has 0 aliphatic rings. The first-order valence-electron chi connectivity index (χ1n) is 6.99. The van der Waals surface area contributed by atoms with E-state index in [-0.39, 0.29) is 0 Å². The van der Waals surface area contributed by atoms with Gasteiger partial charge in [-0.2, -0.15) is 5.26 Å². The van der Waals surface area contributed by atoms with E-state index in [1.54, 1.807) is 6.07 Å². The number of hydrogen-bond acceptors (Lipinski definition) is 3. The normalized spacial score (nSPS) is 9.95. The molecule has 0 saturated carbocycles. The molecule has 0 radical (unpaired) electrons. The molecule has 0 bridgehead atoms. The first kappa shape index (κ1) is 13.7. The summed E-state index contributed by atoms with van der Waals surface area (Å²) in [7, 11) is 0. The van der Waals surface area contributed by atoms with Crippen LogP contribution < -0.4 is 11.1 Å². The molecule has 0 saturated heterocycles. The number of nitrogen functional groups attached to an aromatic ring is 1.